The molecule has 0 spiro atoms. The predicted octanol–water partition coefficient (Wildman–Crippen LogP) is 3.04. The van der Waals surface area contributed by atoms with Crippen LogP contribution in [0.3, 0.4) is 0 Å². The lowest BCUT2D eigenvalue weighted by Gasteiger charge is -2.35. The number of hydrogen-bond acceptors (Lipinski definition) is 2. The molecule has 16 heavy (non-hydrogen) atoms. The van der Waals surface area contributed by atoms with E-state index in [1.807, 2.05) is 6.92 Å². The Kier molecular flexibility index (Phi) is 5.47. The Hall–Kier alpha value is -0.570. The topological polar surface area (TPSA) is 49.3 Å². The number of hydrogen-bond donors (Lipinski definition) is 2. The summed E-state index contributed by atoms with van der Waals surface area (Å²) >= 11 is 0. The standard InChI is InChI=1S/C13H27NO2/c1-7-8-10(11(15)16)14-13(5,6)9-12(2,3)4/h10,14H,7-9H2,1-6H3,(H,15,16). The molecule has 0 bridgehead atoms. The van der Waals surface area contributed by atoms with Crippen LogP contribution in [-0.4, -0.2) is 22.7 Å². The lowest BCUT2D eigenvalue weighted by molar-refractivity contribution is -0.140. The zero-order chi connectivity index (χ0) is 13.0. The van der Waals surface area contributed by atoms with E-state index in [0.717, 1.165) is 12.8 Å². The molecule has 96 valence electrons. The molecule has 0 saturated carbocycles. The number of nitrogens with one attached hydrogen (secondary N) is 1. The fourth-order valence-electron chi connectivity index (χ4n) is 2.39. The van der Waals surface area contributed by atoms with E-state index < -0.39 is 12.0 Å². The fourth-order valence-corrected chi connectivity index (χ4v) is 2.39. The summed E-state index contributed by atoms with van der Waals surface area (Å²) in [5.74, 6) is -0.746. The molecule has 0 aromatic rings. The minimum absolute atomic E-state index is 0.142. The van der Waals surface area contributed by atoms with Gasteiger partial charge in [-0.3, -0.25) is 10.1 Å². The van der Waals surface area contributed by atoms with Crippen LogP contribution in [0.1, 0.15) is 60.8 Å². The van der Waals surface area contributed by atoms with Gasteiger partial charge in [0.25, 0.3) is 0 Å². The van der Waals surface area contributed by atoms with Gasteiger partial charge in [-0.15, -0.1) is 0 Å². The summed E-state index contributed by atoms with van der Waals surface area (Å²) in [6.07, 6.45) is 2.52. The van der Waals surface area contributed by atoms with Crippen LogP contribution >= 0.6 is 0 Å². The van der Waals surface area contributed by atoms with E-state index in [0.29, 0.717) is 6.42 Å². The molecule has 2 N–H and O–H groups in total. The van der Waals surface area contributed by atoms with E-state index in [1.165, 1.54) is 0 Å². The van der Waals surface area contributed by atoms with Crippen LogP contribution < -0.4 is 5.32 Å². The van der Waals surface area contributed by atoms with Crippen molar-refractivity contribution in [2.24, 2.45) is 5.41 Å². The van der Waals surface area contributed by atoms with E-state index in [4.69, 9.17) is 5.11 Å². The van der Waals surface area contributed by atoms with Gasteiger partial charge in [0.1, 0.15) is 6.04 Å². The Morgan fingerprint density at radius 2 is 1.75 bits per heavy atom. The Morgan fingerprint density at radius 1 is 1.25 bits per heavy atom. The van der Waals surface area contributed by atoms with Gasteiger partial charge in [-0.25, -0.2) is 0 Å². The van der Waals surface area contributed by atoms with Gasteiger partial charge < -0.3 is 5.11 Å². The van der Waals surface area contributed by atoms with Crippen molar-refractivity contribution >= 4 is 5.97 Å². The fraction of sp³-hybridized carbons (Fsp3) is 0.923. The van der Waals surface area contributed by atoms with Gasteiger partial charge in [0.2, 0.25) is 0 Å². The molecule has 0 amide bonds. The predicted molar refractivity (Wildman–Crippen MR) is 67.6 cm³/mol. The summed E-state index contributed by atoms with van der Waals surface area (Å²) in [6, 6.07) is -0.428. The van der Waals surface area contributed by atoms with Crippen molar-refractivity contribution in [1.29, 1.82) is 0 Å². The lowest BCUT2D eigenvalue weighted by Crippen LogP contribution is -2.51. The minimum Gasteiger partial charge on any atom is -0.480 e. The Balaban J connectivity index is 4.47. The van der Waals surface area contributed by atoms with Crippen LogP contribution in [0.15, 0.2) is 0 Å². The summed E-state index contributed by atoms with van der Waals surface area (Å²) in [4.78, 5) is 11.1. The van der Waals surface area contributed by atoms with E-state index in [9.17, 15) is 4.79 Å². The zero-order valence-corrected chi connectivity index (χ0v) is 11.6. The van der Waals surface area contributed by atoms with E-state index in [2.05, 4.69) is 39.9 Å². The Labute approximate surface area is 99.6 Å². The normalized spacial score (nSPS) is 14.9. The molecule has 0 aliphatic heterocycles. The number of carboxylic acids is 1. The molecule has 0 saturated heterocycles. The first-order chi connectivity index (χ1) is 7.07. The van der Waals surface area contributed by atoms with Crippen LogP contribution in [0.2, 0.25) is 0 Å². The van der Waals surface area contributed by atoms with Gasteiger partial charge in [-0.2, -0.15) is 0 Å². The highest BCUT2D eigenvalue weighted by atomic mass is 16.4. The van der Waals surface area contributed by atoms with Gasteiger partial charge in [0.05, 0.1) is 0 Å². The molecule has 0 aliphatic carbocycles. The molecule has 1 atom stereocenters. The maximum absolute atomic E-state index is 11.1. The molecular formula is C13H27NO2. The summed E-state index contributed by atoms with van der Waals surface area (Å²) < 4.78 is 0. The van der Waals surface area contributed by atoms with E-state index in [1.54, 1.807) is 0 Å². The van der Waals surface area contributed by atoms with Gasteiger partial charge in [-0.05, 0) is 32.1 Å². The van der Waals surface area contributed by atoms with Crippen molar-refractivity contribution in [3.8, 4) is 0 Å². The van der Waals surface area contributed by atoms with Crippen LogP contribution in [0.4, 0.5) is 0 Å². The van der Waals surface area contributed by atoms with Crippen LogP contribution in [-0.2, 0) is 4.79 Å². The van der Waals surface area contributed by atoms with Gasteiger partial charge in [0.15, 0.2) is 0 Å². The molecule has 1 unspecified atom stereocenters. The first-order valence-corrected chi connectivity index (χ1v) is 6.08. The molecule has 0 heterocycles. The smallest absolute Gasteiger partial charge is 0.320 e. The lowest BCUT2D eigenvalue weighted by atomic mass is 9.81. The van der Waals surface area contributed by atoms with Crippen molar-refractivity contribution in [1.82, 2.24) is 5.32 Å². The second kappa shape index (κ2) is 5.67. The van der Waals surface area contributed by atoms with Crippen LogP contribution in [0, 0.1) is 5.41 Å². The maximum Gasteiger partial charge on any atom is 0.320 e. The van der Waals surface area contributed by atoms with Gasteiger partial charge in [0, 0.05) is 5.54 Å². The third kappa shape index (κ3) is 6.83. The number of carboxylic acid groups (broad SMARTS) is 1. The number of carbonyl (C=O) groups is 1. The molecule has 0 rings (SSSR count). The highest BCUT2D eigenvalue weighted by Crippen LogP contribution is 2.27. The first-order valence-electron chi connectivity index (χ1n) is 6.08. The highest BCUT2D eigenvalue weighted by molar-refractivity contribution is 5.73. The summed E-state index contributed by atoms with van der Waals surface area (Å²) in [5, 5.41) is 12.4. The average Bonchev–Trinajstić information content (AvgIpc) is 1.97. The van der Waals surface area contributed by atoms with Gasteiger partial charge >= 0.3 is 5.97 Å². The molecule has 3 heteroatoms. The van der Waals surface area contributed by atoms with Crippen molar-refractivity contribution in [2.45, 2.75) is 72.4 Å². The quantitative estimate of drug-likeness (QED) is 0.736. The summed E-state index contributed by atoms with van der Waals surface area (Å²) in [6.45, 7) is 12.7. The van der Waals surface area contributed by atoms with Crippen LogP contribution in [0.5, 0.6) is 0 Å². The summed E-state index contributed by atoms with van der Waals surface area (Å²) in [5.41, 5.74) is 0.0578. The van der Waals surface area contributed by atoms with E-state index in [-0.39, 0.29) is 11.0 Å². The largest absolute Gasteiger partial charge is 0.480 e. The number of aliphatic carboxylic acids is 1. The molecule has 0 aromatic heterocycles. The van der Waals surface area contributed by atoms with Crippen molar-refractivity contribution in [3.05, 3.63) is 0 Å². The Morgan fingerprint density at radius 3 is 2.06 bits per heavy atom. The minimum atomic E-state index is -0.746. The molecule has 0 radical (unpaired) electrons. The molecule has 0 fully saturated rings. The zero-order valence-electron chi connectivity index (χ0n) is 11.6. The summed E-state index contributed by atoms with van der Waals surface area (Å²) in [7, 11) is 0. The van der Waals surface area contributed by atoms with Gasteiger partial charge in [-0.1, -0.05) is 34.1 Å². The number of rotatable bonds is 6. The van der Waals surface area contributed by atoms with Crippen molar-refractivity contribution in [2.75, 3.05) is 0 Å². The molecule has 0 aliphatic rings. The van der Waals surface area contributed by atoms with Crippen LogP contribution in [0.25, 0.3) is 0 Å². The maximum atomic E-state index is 11.1. The Bertz CT molecular complexity index is 229. The monoisotopic (exact) mass is 229 g/mol. The highest BCUT2D eigenvalue weighted by Gasteiger charge is 2.29. The van der Waals surface area contributed by atoms with Crippen molar-refractivity contribution in [3.63, 3.8) is 0 Å². The molecule has 3 nitrogen and oxygen atoms in total. The second-order valence-electron chi connectivity index (χ2n) is 6.45. The SMILES string of the molecule is CCCC(NC(C)(C)CC(C)(C)C)C(=O)O. The third-order valence-corrected chi connectivity index (χ3v) is 2.41. The van der Waals surface area contributed by atoms with E-state index >= 15 is 0 Å². The average molecular weight is 229 g/mol. The third-order valence-electron chi connectivity index (χ3n) is 2.41. The van der Waals surface area contributed by atoms with Crippen molar-refractivity contribution < 1.29 is 9.90 Å². The molecular weight excluding hydrogens is 202 g/mol. The second-order valence-corrected chi connectivity index (χ2v) is 6.45. The first kappa shape index (κ1) is 15.4. The molecule has 0 aromatic carbocycles.